The Labute approximate surface area is 170 Å². The molecule has 0 N–H and O–H groups in total. The Bertz CT molecular complexity index is 877. The number of rotatable bonds is 10. The van der Waals surface area contributed by atoms with Crippen molar-refractivity contribution in [3.8, 4) is 5.75 Å². The van der Waals surface area contributed by atoms with E-state index >= 15 is 0 Å². The molecule has 0 radical (unpaired) electrons. The average molecular weight is 420 g/mol. The lowest BCUT2D eigenvalue weighted by atomic mass is 9.87. The first-order chi connectivity index (χ1) is 13.9. The zero-order valence-corrected chi connectivity index (χ0v) is 17.1. The van der Waals surface area contributed by atoms with Crippen LogP contribution in [0.25, 0.3) is 0 Å². The van der Waals surface area contributed by atoms with Crippen molar-refractivity contribution in [2.75, 3.05) is 19.0 Å². The van der Waals surface area contributed by atoms with Crippen molar-refractivity contribution in [2.24, 2.45) is 5.92 Å². The van der Waals surface area contributed by atoms with Crippen molar-refractivity contribution >= 4 is 22.1 Å². The maximum absolute atomic E-state index is 12.7. The summed E-state index contributed by atoms with van der Waals surface area (Å²) in [6.07, 6.45) is 0. The van der Waals surface area contributed by atoms with Gasteiger partial charge in [-0.05, 0) is 31.5 Å². The van der Waals surface area contributed by atoms with Gasteiger partial charge >= 0.3 is 22.1 Å². The lowest BCUT2D eigenvalue weighted by molar-refractivity contribution is -0.162. The number of esters is 2. The molecule has 0 aromatic heterocycles. The quantitative estimate of drug-likeness (QED) is 0.331. The molecule has 156 valence electrons. The van der Waals surface area contributed by atoms with E-state index in [4.69, 9.17) is 13.7 Å². The van der Waals surface area contributed by atoms with E-state index in [0.29, 0.717) is 5.56 Å². The molecule has 7 nitrogen and oxygen atoms in total. The monoisotopic (exact) mass is 420 g/mol. The molecular weight excluding hydrogens is 396 g/mol. The fourth-order valence-corrected chi connectivity index (χ4v) is 4.15. The zero-order chi connectivity index (χ0) is 21.3. The van der Waals surface area contributed by atoms with Crippen molar-refractivity contribution in [2.45, 2.75) is 19.8 Å². The van der Waals surface area contributed by atoms with Crippen LogP contribution in [-0.2, 0) is 29.2 Å². The first kappa shape index (κ1) is 22.4. The van der Waals surface area contributed by atoms with Crippen LogP contribution in [0.4, 0.5) is 0 Å². The van der Waals surface area contributed by atoms with Gasteiger partial charge in [0.15, 0.2) is 5.92 Å². The molecule has 0 heterocycles. The highest BCUT2D eigenvalue weighted by atomic mass is 32.2. The van der Waals surface area contributed by atoms with Gasteiger partial charge in [0.2, 0.25) is 0 Å². The third kappa shape index (κ3) is 6.60. The molecule has 0 aliphatic carbocycles. The van der Waals surface area contributed by atoms with Crippen molar-refractivity contribution in [1.29, 1.82) is 0 Å². The Kier molecular flexibility index (Phi) is 8.21. The largest absolute Gasteiger partial charge is 0.465 e. The molecule has 0 aliphatic heterocycles. The number of carbonyl (C=O) groups is 2. The summed E-state index contributed by atoms with van der Waals surface area (Å²) in [6, 6.07) is 16.4. The van der Waals surface area contributed by atoms with E-state index in [1.54, 1.807) is 62.4 Å². The summed E-state index contributed by atoms with van der Waals surface area (Å²) < 4.78 is 40.7. The van der Waals surface area contributed by atoms with Gasteiger partial charge in [0, 0.05) is 5.92 Å². The van der Waals surface area contributed by atoms with Crippen LogP contribution in [0.5, 0.6) is 5.75 Å². The molecule has 0 aliphatic rings. The molecule has 0 amide bonds. The van der Waals surface area contributed by atoms with E-state index in [1.807, 2.05) is 0 Å². The molecule has 0 bridgehead atoms. The summed E-state index contributed by atoms with van der Waals surface area (Å²) in [4.78, 5) is 25.1. The van der Waals surface area contributed by atoms with E-state index in [-0.39, 0.29) is 19.0 Å². The van der Waals surface area contributed by atoms with Gasteiger partial charge < -0.3 is 13.7 Å². The van der Waals surface area contributed by atoms with Crippen LogP contribution in [0.15, 0.2) is 60.7 Å². The number of ether oxygens (including phenoxy) is 2. The molecule has 0 saturated heterocycles. The van der Waals surface area contributed by atoms with Crippen molar-refractivity contribution < 1.29 is 31.7 Å². The van der Waals surface area contributed by atoms with Gasteiger partial charge in [-0.2, -0.15) is 8.42 Å². The second-order valence-corrected chi connectivity index (χ2v) is 7.74. The molecule has 1 atom stereocenters. The molecular formula is C21H24O7S. The van der Waals surface area contributed by atoms with Crippen LogP contribution in [0, 0.1) is 5.92 Å². The average Bonchev–Trinajstić information content (AvgIpc) is 2.69. The molecule has 2 aromatic rings. The maximum Gasteiger partial charge on any atom is 0.320 e. The number of hydrogen-bond donors (Lipinski definition) is 0. The van der Waals surface area contributed by atoms with Crippen molar-refractivity contribution in [1.82, 2.24) is 0 Å². The number of hydrogen-bond acceptors (Lipinski definition) is 7. The number of para-hydroxylation sites is 1. The Balaban J connectivity index is 2.41. The minimum atomic E-state index is -4.14. The first-order valence-electron chi connectivity index (χ1n) is 9.23. The third-order valence-corrected chi connectivity index (χ3v) is 5.27. The predicted molar refractivity (Wildman–Crippen MR) is 107 cm³/mol. The Morgan fingerprint density at radius 3 is 1.79 bits per heavy atom. The summed E-state index contributed by atoms with van der Waals surface area (Å²) >= 11 is 0. The van der Waals surface area contributed by atoms with Crippen LogP contribution >= 0.6 is 0 Å². The topological polar surface area (TPSA) is 96.0 Å². The predicted octanol–water partition coefficient (Wildman–Crippen LogP) is 2.92. The standard InChI is InChI=1S/C21H24O7S/c1-3-26-20(22)19(21(23)27-4-2)18(16-11-7-5-8-12-16)15-29(24,25)28-17-13-9-6-10-14-17/h5-14,18-19H,3-4,15H2,1-2H3/t18-/m0/s1. The maximum atomic E-state index is 12.7. The second kappa shape index (κ2) is 10.6. The number of benzene rings is 2. The lowest BCUT2D eigenvalue weighted by Crippen LogP contribution is -2.37. The highest BCUT2D eigenvalue weighted by molar-refractivity contribution is 7.87. The summed E-state index contributed by atoms with van der Waals surface area (Å²) in [5.74, 6) is -4.61. The Morgan fingerprint density at radius 1 is 0.828 bits per heavy atom. The lowest BCUT2D eigenvalue weighted by Gasteiger charge is -2.24. The SMILES string of the molecule is CCOC(=O)C(C(=O)OCC)[C@@H](CS(=O)(=O)Oc1ccccc1)c1ccccc1. The van der Waals surface area contributed by atoms with Crippen LogP contribution < -0.4 is 4.18 Å². The minimum absolute atomic E-state index is 0.0452. The van der Waals surface area contributed by atoms with E-state index in [9.17, 15) is 18.0 Å². The van der Waals surface area contributed by atoms with Crippen LogP contribution in [0.3, 0.4) is 0 Å². The summed E-state index contributed by atoms with van der Waals surface area (Å²) in [7, 11) is -4.14. The van der Waals surface area contributed by atoms with Crippen LogP contribution in [0.1, 0.15) is 25.3 Å². The summed E-state index contributed by atoms with van der Waals surface area (Å²) in [5.41, 5.74) is 0.485. The van der Waals surface area contributed by atoms with Gasteiger partial charge in [0.05, 0.1) is 19.0 Å². The molecule has 2 rings (SSSR count). The Morgan fingerprint density at radius 2 is 1.31 bits per heavy atom. The molecule has 8 heteroatoms. The van der Waals surface area contributed by atoms with Gasteiger partial charge in [-0.3, -0.25) is 9.59 Å². The molecule has 2 aromatic carbocycles. The molecule has 0 saturated carbocycles. The van der Waals surface area contributed by atoms with E-state index < -0.39 is 39.6 Å². The van der Waals surface area contributed by atoms with Crippen LogP contribution in [-0.4, -0.2) is 39.3 Å². The van der Waals surface area contributed by atoms with Crippen LogP contribution in [0.2, 0.25) is 0 Å². The fourth-order valence-electron chi connectivity index (χ4n) is 2.85. The highest BCUT2D eigenvalue weighted by Crippen LogP contribution is 2.30. The summed E-state index contributed by atoms with van der Waals surface area (Å²) in [5, 5.41) is 0. The van der Waals surface area contributed by atoms with E-state index in [1.165, 1.54) is 12.1 Å². The van der Waals surface area contributed by atoms with E-state index in [2.05, 4.69) is 0 Å². The zero-order valence-electron chi connectivity index (χ0n) is 16.3. The normalized spacial score (nSPS) is 12.2. The third-order valence-electron chi connectivity index (χ3n) is 4.06. The molecule has 0 unspecified atom stereocenters. The van der Waals surface area contributed by atoms with Crippen molar-refractivity contribution in [3.63, 3.8) is 0 Å². The fraction of sp³-hybridized carbons (Fsp3) is 0.333. The second-order valence-electron chi connectivity index (χ2n) is 6.12. The van der Waals surface area contributed by atoms with Gasteiger partial charge in [-0.15, -0.1) is 0 Å². The number of carbonyl (C=O) groups excluding carboxylic acids is 2. The highest BCUT2D eigenvalue weighted by Gasteiger charge is 2.41. The van der Waals surface area contributed by atoms with Crippen molar-refractivity contribution in [3.05, 3.63) is 66.2 Å². The van der Waals surface area contributed by atoms with Gasteiger partial charge in [0.25, 0.3) is 0 Å². The van der Waals surface area contributed by atoms with E-state index in [0.717, 1.165) is 0 Å². The molecule has 0 fully saturated rings. The molecule has 0 spiro atoms. The van der Waals surface area contributed by atoms with Gasteiger partial charge in [-0.25, -0.2) is 0 Å². The Hall–Kier alpha value is -2.87. The summed E-state index contributed by atoms with van der Waals surface area (Å²) in [6.45, 7) is 3.30. The smallest absolute Gasteiger partial charge is 0.320 e. The van der Waals surface area contributed by atoms with Gasteiger partial charge in [0.1, 0.15) is 5.75 Å². The first-order valence-corrected chi connectivity index (χ1v) is 10.8. The molecule has 29 heavy (non-hydrogen) atoms. The van der Waals surface area contributed by atoms with Gasteiger partial charge in [-0.1, -0.05) is 48.5 Å². The minimum Gasteiger partial charge on any atom is -0.465 e.